The predicted octanol–water partition coefficient (Wildman–Crippen LogP) is 2.60. The Morgan fingerprint density at radius 1 is 1.39 bits per heavy atom. The largest absolute Gasteiger partial charge is 0.372 e. The molecule has 2 aromatic heterocycles. The van der Waals surface area contributed by atoms with E-state index < -0.39 is 0 Å². The van der Waals surface area contributed by atoms with E-state index in [1.165, 1.54) is 4.88 Å². The average molecular weight is 327 g/mol. The second-order valence-electron chi connectivity index (χ2n) is 5.52. The van der Waals surface area contributed by atoms with Crippen molar-refractivity contribution in [1.82, 2.24) is 14.9 Å². The SMILES string of the molecule is O=C(NCCc1cccs1)c1ccc2c(c1)nc1n2CCOC1. The molecule has 23 heavy (non-hydrogen) atoms. The summed E-state index contributed by atoms with van der Waals surface area (Å²) in [5, 5.41) is 5.02. The minimum absolute atomic E-state index is 0.0503. The molecule has 0 saturated heterocycles. The molecule has 118 valence electrons. The number of fused-ring (bicyclic) bond motifs is 3. The number of amides is 1. The van der Waals surface area contributed by atoms with Gasteiger partial charge in [0.05, 0.1) is 17.6 Å². The van der Waals surface area contributed by atoms with Crippen LogP contribution in [0.4, 0.5) is 0 Å². The van der Waals surface area contributed by atoms with Gasteiger partial charge in [-0.15, -0.1) is 11.3 Å². The minimum Gasteiger partial charge on any atom is -0.372 e. The standard InChI is InChI=1S/C17H17N3O2S/c21-17(18-6-5-13-2-1-9-23-13)12-3-4-15-14(10-12)19-16-11-22-8-7-20(15)16/h1-4,9-10H,5-8,11H2,(H,18,21). The van der Waals surface area contributed by atoms with Gasteiger partial charge in [-0.05, 0) is 36.1 Å². The monoisotopic (exact) mass is 327 g/mol. The number of rotatable bonds is 4. The second kappa shape index (κ2) is 6.14. The zero-order valence-corrected chi connectivity index (χ0v) is 13.4. The number of carbonyl (C=O) groups is 1. The smallest absolute Gasteiger partial charge is 0.251 e. The Morgan fingerprint density at radius 2 is 2.35 bits per heavy atom. The van der Waals surface area contributed by atoms with E-state index in [2.05, 4.69) is 26.3 Å². The van der Waals surface area contributed by atoms with Crippen molar-refractivity contribution in [3.05, 3.63) is 52.0 Å². The summed E-state index contributed by atoms with van der Waals surface area (Å²) in [7, 11) is 0. The van der Waals surface area contributed by atoms with Gasteiger partial charge in [0.25, 0.3) is 5.91 Å². The number of nitrogens with one attached hydrogen (secondary N) is 1. The van der Waals surface area contributed by atoms with Crippen molar-refractivity contribution in [2.24, 2.45) is 0 Å². The van der Waals surface area contributed by atoms with Gasteiger partial charge in [0.2, 0.25) is 0 Å². The Hall–Kier alpha value is -2.18. The molecule has 4 rings (SSSR count). The third kappa shape index (κ3) is 2.87. The number of carbonyl (C=O) groups excluding carboxylic acids is 1. The lowest BCUT2D eigenvalue weighted by Crippen LogP contribution is -2.25. The number of imidazole rings is 1. The fourth-order valence-electron chi connectivity index (χ4n) is 2.86. The molecule has 1 amide bonds. The third-order valence-electron chi connectivity index (χ3n) is 4.02. The molecule has 3 aromatic rings. The Balaban J connectivity index is 1.48. The fraction of sp³-hybridized carbons (Fsp3) is 0.294. The minimum atomic E-state index is -0.0503. The molecule has 0 bridgehead atoms. The van der Waals surface area contributed by atoms with Crippen LogP contribution in [-0.4, -0.2) is 28.6 Å². The van der Waals surface area contributed by atoms with Crippen molar-refractivity contribution in [2.75, 3.05) is 13.2 Å². The van der Waals surface area contributed by atoms with Gasteiger partial charge < -0.3 is 14.6 Å². The van der Waals surface area contributed by atoms with Gasteiger partial charge in [0.15, 0.2) is 0 Å². The van der Waals surface area contributed by atoms with Crippen molar-refractivity contribution in [3.63, 3.8) is 0 Å². The molecule has 0 aliphatic carbocycles. The van der Waals surface area contributed by atoms with E-state index in [4.69, 9.17) is 4.74 Å². The Bertz CT molecular complexity index is 839. The maximum Gasteiger partial charge on any atom is 0.251 e. The number of nitrogens with zero attached hydrogens (tertiary/aromatic N) is 2. The number of hydrogen-bond donors (Lipinski definition) is 1. The molecule has 0 saturated carbocycles. The maximum atomic E-state index is 12.3. The van der Waals surface area contributed by atoms with E-state index in [1.807, 2.05) is 24.3 Å². The molecule has 1 aliphatic rings. The van der Waals surface area contributed by atoms with Crippen LogP contribution in [0.3, 0.4) is 0 Å². The number of hydrogen-bond acceptors (Lipinski definition) is 4. The first-order valence-electron chi connectivity index (χ1n) is 7.69. The molecule has 0 radical (unpaired) electrons. The van der Waals surface area contributed by atoms with Gasteiger partial charge >= 0.3 is 0 Å². The van der Waals surface area contributed by atoms with Gasteiger partial charge in [-0.1, -0.05) is 6.07 Å². The van der Waals surface area contributed by atoms with Crippen LogP contribution in [0.2, 0.25) is 0 Å². The maximum absolute atomic E-state index is 12.3. The number of thiophene rings is 1. The van der Waals surface area contributed by atoms with Crippen molar-refractivity contribution in [1.29, 1.82) is 0 Å². The summed E-state index contributed by atoms with van der Waals surface area (Å²) < 4.78 is 7.59. The quantitative estimate of drug-likeness (QED) is 0.801. The first-order chi connectivity index (χ1) is 11.3. The lowest BCUT2D eigenvalue weighted by atomic mass is 10.2. The van der Waals surface area contributed by atoms with E-state index in [9.17, 15) is 4.79 Å². The molecule has 0 atom stereocenters. The van der Waals surface area contributed by atoms with E-state index >= 15 is 0 Å². The number of aromatic nitrogens is 2. The van der Waals surface area contributed by atoms with E-state index in [0.29, 0.717) is 25.3 Å². The van der Waals surface area contributed by atoms with Crippen LogP contribution >= 0.6 is 11.3 Å². The lowest BCUT2D eigenvalue weighted by molar-refractivity contribution is 0.0830. The highest BCUT2D eigenvalue weighted by molar-refractivity contribution is 7.09. The van der Waals surface area contributed by atoms with Crippen LogP contribution < -0.4 is 5.32 Å². The molecule has 0 unspecified atom stereocenters. The van der Waals surface area contributed by atoms with Gasteiger partial charge in [-0.25, -0.2) is 4.98 Å². The zero-order chi connectivity index (χ0) is 15.6. The Kier molecular flexibility index (Phi) is 3.85. The second-order valence-corrected chi connectivity index (χ2v) is 6.55. The Morgan fingerprint density at radius 3 is 3.22 bits per heavy atom. The number of ether oxygens (including phenoxy) is 1. The molecule has 1 N–H and O–H groups in total. The summed E-state index contributed by atoms with van der Waals surface area (Å²) in [6.07, 6.45) is 0.863. The van der Waals surface area contributed by atoms with E-state index in [1.54, 1.807) is 11.3 Å². The number of benzene rings is 1. The van der Waals surface area contributed by atoms with Crippen LogP contribution in [-0.2, 0) is 24.3 Å². The van der Waals surface area contributed by atoms with Crippen molar-refractivity contribution >= 4 is 28.3 Å². The molecular weight excluding hydrogens is 310 g/mol. The molecule has 5 nitrogen and oxygen atoms in total. The summed E-state index contributed by atoms with van der Waals surface area (Å²) in [4.78, 5) is 18.1. The van der Waals surface area contributed by atoms with Gasteiger partial charge in [0, 0.05) is 23.5 Å². The molecule has 0 fully saturated rings. The molecule has 3 heterocycles. The van der Waals surface area contributed by atoms with Crippen molar-refractivity contribution in [2.45, 2.75) is 19.6 Å². The summed E-state index contributed by atoms with van der Waals surface area (Å²) in [6.45, 7) is 2.71. The molecule has 1 aliphatic heterocycles. The summed E-state index contributed by atoms with van der Waals surface area (Å²) >= 11 is 1.71. The van der Waals surface area contributed by atoms with Crippen LogP contribution in [0.15, 0.2) is 35.7 Å². The third-order valence-corrected chi connectivity index (χ3v) is 4.95. The summed E-state index contributed by atoms with van der Waals surface area (Å²) in [6, 6.07) is 9.82. The normalized spacial score (nSPS) is 13.9. The fourth-order valence-corrected chi connectivity index (χ4v) is 3.57. The highest BCUT2D eigenvalue weighted by atomic mass is 32.1. The Labute approximate surface area is 137 Å². The van der Waals surface area contributed by atoms with Crippen LogP contribution in [0.5, 0.6) is 0 Å². The van der Waals surface area contributed by atoms with Crippen molar-refractivity contribution < 1.29 is 9.53 Å². The predicted molar refractivity (Wildman–Crippen MR) is 89.7 cm³/mol. The first kappa shape index (κ1) is 14.4. The molecule has 0 spiro atoms. The highest BCUT2D eigenvalue weighted by Gasteiger charge is 2.16. The van der Waals surface area contributed by atoms with Crippen LogP contribution in [0.1, 0.15) is 21.1 Å². The van der Waals surface area contributed by atoms with Crippen LogP contribution in [0, 0.1) is 0 Å². The van der Waals surface area contributed by atoms with E-state index in [0.717, 1.165) is 29.8 Å². The summed E-state index contributed by atoms with van der Waals surface area (Å²) in [5.41, 5.74) is 2.58. The molecule has 6 heteroatoms. The lowest BCUT2D eigenvalue weighted by Gasteiger charge is -2.14. The van der Waals surface area contributed by atoms with Crippen LogP contribution in [0.25, 0.3) is 11.0 Å². The van der Waals surface area contributed by atoms with Gasteiger partial charge in [0.1, 0.15) is 12.4 Å². The first-order valence-corrected chi connectivity index (χ1v) is 8.57. The molecule has 1 aromatic carbocycles. The van der Waals surface area contributed by atoms with Gasteiger partial charge in [-0.3, -0.25) is 4.79 Å². The highest BCUT2D eigenvalue weighted by Crippen LogP contribution is 2.21. The van der Waals surface area contributed by atoms with Gasteiger partial charge in [-0.2, -0.15) is 0 Å². The molecular formula is C17H17N3O2S. The van der Waals surface area contributed by atoms with Crippen molar-refractivity contribution in [3.8, 4) is 0 Å². The average Bonchev–Trinajstić information content (AvgIpc) is 3.21. The summed E-state index contributed by atoms with van der Waals surface area (Å²) in [5.74, 6) is 0.882. The topological polar surface area (TPSA) is 56.2 Å². The van der Waals surface area contributed by atoms with E-state index in [-0.39, 0.29) is 5.91 Å². The zero-order valence-electron chi connectivity index (χ0n) is 12.6.